The van der Waals surface area contributed by atoms with Gasteiger partial charge in [0, 0.05) is 10.0 Å². The third-order valence-electron chi connectivity index (χ3n) is 1.30. The zero-order valence-corrected chi connectivity index (χ0v) is 8.34. The van der Waals surface area contributed by atoms with Crippen LogP contribution in [0.1, 0.15) is 12.0 Å². The molecule has 2 nitrogen and oxygen atoms in total. The predicted molar refractivity (Wildman–Crippen MR) is 53.3 cm³/mol. The average Bonchev–Trinajstić information content (AvgIpc) is 2.03. The molecule has 1 aromatic rings. The number of carbonyl (C=O) groups is 1. The topological polar surface area (TPSA) is 37.3 Å². The van der Waals surface area contributed by atoms with Crippen molar-refractivity contribution in [2.45, 2.75) is 6.42 Å². The summed E-state index contributed by atoms with van der Waals surface area (Å²) in [5.41, 5.74) is 0.815. The molecule has 0 aromatic heterocycles. The van der Waals surface area contributed by atoms with E-state index in [1.165, 1.54) is 0 Å². The van der Waals surface area contributed by atoms with E-state index >= 15 is 0 Å². The van der Waals surface area contributed by atoms with Gasteiger partial charge in [-0.3, -0.25) is 4.79 Å². The largest absolute Gasteiger partial charge is 0.481 e. The first-order valence-corrected chi connectivity index (χ1v) is 4.44. The van der Waals surface area contributed by atoms with Crippen molar-refractivity contribution >= 4 is 21.9 Å². The van der Waals surface area contributed by atoms with Gasteiger partial charge in [-0.15, -0.1) is 0 Å². The van der Waals surface area contributed by atoms with Crippen molar-refractivity contribution in [1.29, 1.82) is 0 Å². The molecule has 0 saturated heterocycles. The summed E-state index contributed by atoms with van der Waals surface area (Å²) in [5.74, 6) is 4.41. The van der Waals surface area contributed by atoms with Crippen molar-refractivity contribution in [1.82, 2.24) is 0 Å². The number of carboxylic acid groups (broad SMARTS) is 1. The summed E-state index contributed by atoms with van der Waals surface area (Å²) in [4.78, 5) is 10.1. The van der Waals surface area contributed by atoms with Crippen LogP contribution < -0.4 is 0 Å². The molecule has 0 aliphatic heterocycles. The van der Waals surface area contributed by atoms with Crippen LogP contribution >= 0.6 is 15.9 Å². The quantitative estimate of drug-likeness (QED) is 0.763. The Morgan fingerprint density at radius 1 is 1.54 bits per heavy atom. The summed E-state index contributed by atoms with van der Waals surface area (Å²) in [6.07, 6.45) is -0.119. The second-order valence-electron chi connectivity index (χ2n) is 2.38. The molecule has 1 aromatic carbocycles. The summed E-state index contributed by atoms with van der Waals surface area (Å²) in [7, 11) is 0. The average molecular weight is 239 g/mol. The Bertz CT molecular complexity index is 374. The van der Waals surface area contributed by atoms with Crippen LogP contribution in [0.25, 0.3) is 0 Å². The Hall–Kier alpha value is -1.27. The van der Waals surface area contributed by atoms with E-state index in [1.807, 2.05) is 24.3 Å². The lowest BCUT2D eigenvalue weighted by Crippen LogP contribution is -1.90. The molecule has 13 heavy (non-hydrogen) atoms. The van der Waals surface area contributed by atoms with Gasteiger partial charge in [-0.1, -0.05) is 33.8 Å². The minimum Gasteiger partial charge on any atom is -0.481 e. The summed E-state index contributed by atoms with van der Waals surface area (Å²) >= 11 is 3.30. The molecule has 1 rings (SSSR count). The molecule has 66 valence electrons. The highest BCUT2D eigenvalue weighted by atomic mass is 79.9. The van der Waals surface area contributed by atoms with E-state index in [0.717, 1.165) is 10.0 Å². The van der Waals surface area contributed by atoms with Gasteiger partial charge in [0.05, 0.1) is 0 Å². The Morgan fingerprint density at radius 3 is 2.92 bits per heavy atom. The third-order valence-corrected chi connectivity index (χ3v) is 1.79. The Labute approximate surface area is 84.7 Å². The maximum atomic E-state index is 10.1. The van der Waals surface area contributed by atoms with Gasteiger partial charge >= 0.3 is 5.97 Å². The van der Waals surface area contributed by atoms with Crippen LogP contribution in [-0.2, 0) is 4.79 Å². The van der Waals surface area contributed by atoms with Gasteiger partial charge in [0.2, 0.25) is 0 Å². The second kappa shape index (κ2) is 4.68. The first-order valence-electron chi connectivity index (χ1n) is 3.65. The van der Waals surface area contributed by atoms with Crippen LogP contribution in [0.15, 0.2) is 28.7 Å². The molecule has 0 unspecified atom stereocenters. The Morgan fingerprint density at radius 2 is 2.31 bits per heavy atom. The SMILES string of the molecule is O=C(O)CC#Cc1cccc(Br)c1. The van der Waals surface area contributed by atoms with Crippen LogP contribution in [0.5, 0.6) is 0 Å². The summed E-state index contributed by atoms with van der Waals surface area (Å²) in [6.45, 7) is 0. The fourth-order valence-electron chi connectivity index (χ4n) is 0.788. The predicted octanol–water partition coefficient (Wildman–Crippen LogP) is 2.28. The highest BCUT2D eigenvalue weighted by Crippen LogP contribution is 2.10. The van der Waals surface area contributed by atoms with Gasteiger partial charge in [-0.2, -0.15) is 0 Å². The Kier molecular flexibility index (Phi) is 3.53. The molecule has 0 spiro atoms. The molecule has 1 N–H and O–H groups in total. The number of rotatable bonds is 1. The van der Waals surface area contributed by atoms with E-state index in [9.17, 15) is 4.79 Å². The minimum atomic E-state index is -0.900. The van der Waals surface area contributed by atoms with Crippen LogP contribution in [-0.4, -0.2) is 11.1 Å². The molecular formula is C10H7BrO2. The zero-order chi connectivity index (χ0) is 9.68. The standard InChI is InChI=1S/C10H7BrO2/c11-9-5-1-3-8(7-9)4-2-6-10(12)13/h1,3,5,7H,6H2,(H,12,13). The van der Waals surface area contributed by atoms with E-state index in [2.05, 4.69) is 27.8 Å². The van der Waals surface area contributed by atoms with Crippen molar-refractivity contribution in [3.05, 3.63) is 34.3 Å². The van der Waals surface area contributed by atoms with Gasteiger partial charge in [0.25, 0.3) is 0 Å². The number of hydrogen-bond acceptors (Lipinski definition) is 1. The highest BCUT2D eigenvalue weighted by Gasteiger charge is 1.90. The first-order chi connectivity index (χ1) is 6.18. The molecule has 0 radical (unpaired) electrons. The molecule has 0 aliphatic rings. The molecule has 0 atom stereocenters. The number of halogens is 1. The number of carboxylic acids is 1. The smallest absolute Gasteiger partial charge is 0.315 e. The molecule has 0 bridgehead atoms. The van der Waals surface area contributed by atoms with Gasteiger partial charge in [0.15, 0.2) is 0 Å². The number of aliphatic carboxylic acids is 1. The van der Waals surface area contributed by atoms with Crippen LogP contribution in [0.4, 0.5) is 0 Å². The normalized spacial score (nSPS) is 8.69. The van der Waals surface area contributed by atoms with Crippen LogP contribution in [0, 0.1) is 11.8 Å². The van der Waals surface area contributed by atoms with E-state index in [4.69, 9.17) is 5.11 Å². The van der Waals surface area contributed by atoms with Gasteiger partial charge in [-0.25, -0.2) is 0 Å². The van der Waals surface area contributed by atoms with E-state index in [0.29, 0.717) is 0 Å². The van der Waals surface area contributed by atoms with Gasteiger partial charge in [-0.05, 0) is 18.2 Å². The maximum Gasteiger partial charge on any atom is 0.315 e. The minimum absolute atomic E-state index is 0.119. The molecule has 0 fully saturated rings. The van der Waals surface area contributed by atoms with Gasteiger partial charge < -0.3 is 5.11 Å². The van der Waals surface area contributed by atoms with Crippen LogP contribution in [0.2, 0.25) is 0 Å². The van der Waals surface area contributed by atoms with Crippen LogP contribution in [0.3, 0.4) is 0 Å². The van der Waals surface area contributed by atoms with E-state index < -0.39 is 5.97 Å². The summed E-state index contributed by atoms with van der Waals surface area (Å²) < 4.78 is 0.939. The second-order valence-corrected chi connectivity index (χ2v) is 3.30. The lowest BCUT2D eigenvalue weighted by molar-refractivity contribution is -0.135. The van der Waals surface area contributed by atoms with Crippen molar-refractivity contribution in [2.24, 2.45) is 0 Å². The summed E-state index contributed by atoms with van der Waals surface area (Å²) in [5, 5.41) is 8.33. The number of benzene rings is 1. The fourth-order valence-corrected chi connectivity index (χ4v) is 1.19. The third kappa shape index (κ3) is 3.77. The lowest BCUT2D eigenvalue weighted by atomic mass is 10.2. The molecular weight excluding hydrogens is 232 g/mol. The van der Waals surface area contributed by atoms with Gasteiger partial charge in [0.1, 0.15) is 6.42 Å². The lowest BCUT2D eigenvalue weighted by Gasteiger charge is -1.90. The molecule has 3 heteroatoms. The molecule has 0 saturated carbocycles. The number of hydrogen-bond donors (Lipinski definition) is 1. The maximum absolute atomic E-state index is 10.1. The van der Waals surface area contributed by atoms with E-state index in [1.54, 1.807) is 0 Å². The fraction of sp³-hybridized carbons (Fsp3) is 0.100. The molecule has 0 amide bonds. The molecule has 0 heterocycles. The van der Waals surface area contributed by atoms with Crippen molar-refractivity contribution in [3.63, 3.8) is 0 Å². The Balaban J connectivity index is 2.72. The van der Waals surface area contributed by atoms with Crippen molar-refractivity contribution in [3.8, 4) is 11.8 Å². The first kappa shape index (κ1) is 9.82. The van der Waals surface area contributed by atoms with E-state index in [-0.39, 0.29) is 6.42 Å². The highest BCUT2D eigenvalue weighted by molar-refractivity contribution is 9.10. The monoisotopic (exact) mass is 238 g/mol. The summed E-state index contributed by atoms with van der Waals surface area (Å²) in [6, 6.07) is 7.42. The van der Waals surface area contributed by atoms with Crippen molar-refractivity contribution in [2.75, 3.05) is 0 Å². The van der Waals surface area contributed by atoms with Crippen molar-refractivity contribution < 1.29 is 9.90 Å². The zero-order valence-electron chi connectivity index (χ0n) is 6.75. The molecule has 0 aliphatic carbocycles.